The van der Waals surface area contributed by atoms with Crippen LogP contribution in [0.2, 0.25) is 5.02 Å². The van der Waals surface area contributed by atoms with Gasteiger partial charge in [0.25, 0.3) is 0 Å². The number of nitrogens with one attached hydrogen (secondary N) is 1. The molecule has 1 unspecified atom stereocenters. The number of likely N-dealkylation sites (N-methyl/N-ethyl adjacent to an activating group) is 1. The van der Waals surface area contributed by atoms with E-state index in [9.17, 15) is 4.39 Å². The second-order valence-corrected chi connectivity index (χ2v) is 5.69. The topological polar surface area (TPSA) is 25.2 Å². The summed E-state index contributed by atoms with van der Waals surface area (Å²) < 4.78 is 19.8. The van der Waals surface area contributed by atoms with Crippen LogP contribution in [0.1, 0.15) is 41.2 Å². The Morgan fingerprint density at radius 2 is 1.95 bits per heavy atom. The Bertz CT molecular complexity index is 636. The Balaban J connectivity index is 2.38. The highest BCUT2D eigenvalue weighted by atomic mass is 35.5. The van der Waals surface area contributed by atoms with Gasteiger partial charge in [-0.25, -0.2) is 4.39 Å². The molecule has 1 N–H and O–H groups in total. The van der Waals surface area contributed by atoms with E-state index in [4.69, 9.17) is 16.0 Å². The van der Waals surface area contributed by atoms with E-state index in [1.807, 2.05) is 27.7 Å². The highest BCUT2D eigenvalue weighted by molar-refractivity contribution is 6.30. The summed E-state index contributed by atoms with van der Waals surface area (Å²) in [6.07, 6.45) is 0.543. The summed E-state index contributed by atoms with van der Waals surface area (Å²) in [6.45, 7) is 8.79. The standard InChI is InChI=1S/C17H21ClFNO/c1-5-20-15(16-10(2)11(3)21-12(16)4)9-13-7-6-8-14(18)17(13)19/h6-8,15,20H,5,9H2,1-4H3. The SMILES string of the molecule is CCNC(Cc1cccc(Cl)c1F)c1c(C)oc(C)c1C. The van der Waals surface area contributed by atoms with Crippen molar-refractivity contribution in [2.24, 2.45) is 0 Å². The molecule has 0 aliphatic heterocycles. The fraction of sp³-hybridized carbons (Fsp3) is 0.412. The van der Waals surface area contributed by atoms with E-state index in [0.717, 1.165) is 29.2 Å². The van der Waals surface area contributed by atoms with E-state index in [2.05, 4.69) is 5.32 Å². The van der Waals surface area contributed by atoms with Crippen molar-refractivity contribution in [3.8, 4) is 0 Å². The van der Waals surface area contributed by atoms with Crippen molar-refractivity contribution in [2.75, 3.05) is 6.54 Å². The number of furan rings is 1. The van der Waals surface area contributed by atoms with Gasteiger partial charge in [0, 0.05) is 11.6 Å². The fourth-order valence-electron chi connectivity index (χ4n) is 2.77. The van der Waals surface area contributed by atoms with Crippen LogP contribution in [0.5, 0.6) is 0 Å². The molecule has 2 nitrogen and oxygen atoms in total. The minimum atomic E-state index is -0.336. The van der Waals surface area contributed by atoms with Crippen molar-refractivity contribution in [3.05, 3.63) is 57.2 Å². The minimum absolute atomic E-state index is 0.0143. The highest BCUT2D eigenvalue weighted by Crippen LogP contribution is 2.30. The molecular formula is C17H21ClFNO. The van der Waals surface area contributed by atoms with E-state index < -0.39 is 0 Å². The first-order chi connectivity index (χ1) is 9.95. The van der Waals surface area contributed by atoms with Crippen LogP contribution in [-0.2, 0) is 6.42 Å². The third-order valence-corrected chi connectivity index (χ3v) is 4.16. The summed E-state index contributed by atoms with van der Waals surface area (Å²) in [5.41, 5.74) is 2.86. The van der Waals surface area contributed by atoms with E-state index in [-0.39, 0.29) is 16.9 Å². The maximum absolute atomic E-state index is 14.1. The zero-order valence-corrected chi connectivity index (χ0v) is 13.6. The maximum atomic E-state index is 14.1. The quantitative estimate of drug-likeness (QED) is 0.850. The molecular weight excluding hydrogens is 289 g/mol. The van der Waals surface area contributed by atoms with E-state index in [0.29, 0.717) is 12.0 Å². The van der Waals surface area contributed by atoms with E-state index in [1.54, 1.807) is 18.2 Å². The van der Waals surface area contributed by atoms with Crippen molar-refractivity contribution >= 4 is 11.6 Å². The van der Waals surface area contributed by atoms with Gasteiger partial charge in [-0.05, 0) is 50.9 Å². The lowest BCUT2D eigenvalue weighted by Gasteiger charge is -2.19. The Kier molecular flexibility index (Phi) is 5.07. The molecule has 1 atom stereocenters. The molecule has 0 spiro atoms. The molecule has 0 radical (unpaired) electrons. The summed E-state index contributed by atoms with van der Waals surface area (Å²) in [6, 6.07) is 5.15. The van der Waals surface area contributed by atoms with Crippen molar-refractivity contribution < 1.29 is 8.81 Å². The van der Waals surface area contributed by atoms with Gasteiger partial charge < -0.3 is 9.73 Å². The molecule has 0 aliphatic carbocycles. The van der Waals surface area contributed by atoms with Gasteiger partial charge in [-0.15, -0.1) is 0 Å². The molecule has 1 aromatic carbocycles. The molecule has 1 aromatic heterocycles. The minimum Gasteiger partial charge on any atom is -0.466 e. The van der Waals surface area contributed by atoms with E-state index >= 15 is 0 Å². The van der Waals surface area contributed by atoms with Crippen LogP contribution in [-0.4, -0.2) is 6.54 Å². The second kappa shape index (κ2) is 6.63. The van der Waals surface area contributed by atoms with Crippen LogP contribution in [0.3, 0.4) is 0 Å². The van der Waals surface area contributed by atoms with Crippen LogP contribution in [0.25, 0.3) is 0 Å². The second-order valence-electron chi connectivity index (χ2n) is 5.28. The van der Waals surface area contributed by atoms with Gasteiger partial charge in [0.05, 0.1) is 5.02 Å². The molecule has 4 heteroatoms. The van der Waals surface area contributed by atoms with Gasteiger partial charge in [0.2, 0.25) is 0 Å². The highest BCUT2D eigenvalue weighted by Gasteiger charge is 2.22. The van der Waals surface area contributed by atoms with Crippen LogP contribution in [0.4, 0.5) is 4.39 Å². The number of halogens is 2. The van der Waals surface area contributed by atoms with Gasteiger partial charge in [0.1, 0.15) is 17.3 Å². The molecule has 1 heterocycles. The van der Waals surface area contributed by atoms with Gasteiger partial charge in [-0.1, -0.05) is 30.7 Å². The summed E-state index contributed by atoms with van der Waals surface area (Å²) in [5, 5.41) is 3.59. The Hall–Kier alpha value is -1.32. The first kappa shape index (κ1) is 16.1. The van der Waals surface area contributed by atoms with Crippen LogP contribution in [0.15, 0.2) is 22.6 Å². The van der Waals surface area contributed by atoms with Crippen molar-refractivity contribution in [3.63, 3.8) is 0 Å². The zero-order valence-electron chi connectivity index (χ0n) is 12.9. The molecule has 2 aromatic rings. The molecule has 114 valence electrons. The average molecular weight is 310 g/mol. The Morgan fingerprint density at radius 3 is 2.52 bits per heavy atom. The van der Waals surface area contributed by atoms with Crippen LogP contribution < -0.4 is 5.32 Å². The molecule has 0 aliphatic rings. The number of rotatable bonds is 5. The number of hydrogen-bond donors (Lipinski definition) is 1. The molecule has 0 fully saturated rings. The third kappa shape index (κ3) is 3.30. The van der Waals surface area contributed by atoms with Gasteiger partial charge >= 0.3 is 0 Å². The molecule has 0 amide bonds. The first-order valence-corrected chi connectivity index (χ1v) is 7.56. The lowest BCUT2D eigenvalue weighted by Crippen LogP contribution is -2.24. The Labute approximate surface area is 130 Å². The number of hydrogen-bond acceptors (Lipinski definition) is 2. The molecule has 0 saturated carbocycles. The summed E-state index contributed by atoms with van der Waals surface area (Å²) in [4.78, 5) is 0. The predicted molar refractivity (Wildman–Crippen MR) is 84.5 cm³/mol. The monoisotopic (exact) mass is 309 g/mol. The van der Waals surface area contributed by atoms with Gasteiger partial charge in [-0.2, -0.15) is 0 Å². The summed E-state index contributed by atoms with van der Waals surface area (Å²) in [5.74, 6) is 1.47. The lowest BCUT2D eigenvalue weighted by atomic mass is 9.95. The molecule has 21 heavy (non-hydrogen) atoms. The predicted octanol–water partition coefficient (Wildman–Crippen LogP) is 4.89. The van der Waals surface area contributed by atoms with Gasteiger partial charge in [-0.3, -0.25) is 0 Å². The molecule has 0 bridgehead atoms. The molecule has 2 rings (SSSR count). The summed E-state index contributed by atoms with van der Waals surface area (Å²) in [7, 11) is 0. The fourth-order valence-corrected chi connectivity index (χ4v) is 2.96. The maximum Gasteiger partial charge on any atom is 0.145 e. The van der Waals surface area contributed by atoms with Crippen molar-refractivity contribution in [1.82, 2.24) is 5.32 Å². The smallest absolute Gasteiger partial charge is 0.145 e. The largest absolute Gasteiger partial charge is 0.466 e. The van der Waals surface area contributed by atoms with Crippen molar-refractivity contribution in [1.29, 1.82) is 0 Å². The lowest BCUT2D eigenvalue weighted by molar-refractivity contribution is 0.481. The van der Waals surface area contributed by atoms with Crippen molar-refractivity contribution in [2.45, 2.75) is 40.2 Å². The van der Waals surface area contributed by atoms with Crippen LogP contribution in [0, 0.1) is 26.6 Å². The number of aryl methyl sites for hydroxylation is 2. The summed E-state index contributed by atoms with van der Waals surface area (Å²) >= 11 is 5.87. The van der Waals surface area contributed by atoms with E-state index in [1.165, 1.54) is 0 Å². The average Bonchev–Trinajstić information content (AvgIpc) is 2.68. The zero-order chi connectivity index (χ0) is 15.6. The Morgan fingerprint density at radius 1 is 1.24 bits per heavy atom. The molecule has 0 saturated heterocycles. The third-order valence-electron chi connectivity index (χ3n) is 3.87. The first-order valence-electron chi connectivity index (χ1n) is 7.18. The van der Waals surface area contributed by atoms with Gasteiger partial charge in [0.15, 0.2) is 0 Å². The number of benzene rings is 1. The van der Waals surface area contributed by atoms with Crippen LogP contribution >= 0.6 is 11.6 Å². The normalized spacial score (nSPS) is 12.7.